The third kappa shape index (κ3) is 3.07. The van der Waals surface area contributed by atoms with Crippen LogP contribution < -0.4 is 9.21 Å². The molecule has 1 aromatic carbocycles. The highest BCUT2D eigenvalue weighted by Gasteiger charge is 2.29. The number of nitrogens with zero attached hydrogens (tertiary/aromatic N) is 3. The monoisotopic (exact) mass is 429 g/mol. The van der Waals surface area contributed by atoms with Gasteiger partial charge in [0.05, 0.1) is 11.9 Å². The van der Waals surface area contributed by atoms with E-state index >= 15 is 0 Å². The molecule has 2 aromatic rings. The Kier molecular flexibility index (Phi) is 4.43. The number of benzene rings is 1. The van der Waals surface area contributed by atoms with Crippen LogP contribution in [0.15, 0.2) is 22.7 Å². The van der Waals surface area contributed by atoms with Crippen LogP contribution in [0.25, 0.3) is 0 Å². The van der Waals surface area contributed by atoms with Gasteiger partial charge in [-0.15, -0.1) is 0 Å². The molecule has 0 fully saturated rings. The van der Waals surface area contributed by atoms with E-state index in [9.17, 15) is 13.2 Å². The first kappa shape index (κ1) is 17.4. The quantitative estimate of drug-likeness (QED) is 0.751. The standard InChI is InChI=1S/C15H16BrN3O3S2/c1-9-13(23-15(17-9)18(2)24(3,21)22)14(20)19-7-6-10-8-11(16)4-5-12(10)19/h4-5,8H,6-7H2,1-3H3. The van der Waals surface area contributed by atoms with Crippen LogP contribution in [0.2, 0.25) is 0 Å². The summed E-state index contributed by atoms with van der Waals surface area (Å²) >= 11 is 4.54. The van der Waals surface area contributed by atoms with E-state index in [1.165, 1.54) is 7.05 Å². The molecule has 1 aliphatic heterocycles. The van der Waals surface area contributed by atoms with Crippen LogP contribution in [-0.4, -0.2) is 39.2 Å². The molecule has 9 heteroatoms. The number of anilines is 2. The summed E-state index contributed by atoms with van der Waals surface area (Å²) in [6.45, 7) is 2.33. The van der Waals surface area contributed by atoms with E-state index in [2.05, 4.69) is 20.9 Å². The molecule has 0 atom stereocenters. The van der Waals surface area contributed by atoms with E-state index in [1.807, 2.05) is 18.2 Å². The summed E-state index contributed by atoms with van der Waals surface area (Å²) in [4.78, 5) is 19.4. The van der Waals surface area contributed by atoms with Crippen molar-refractivity contribution in [2.75, 3.05) is 29.1 Å². The van der Waals surface area contributed by atoms with E-state index < -0.39 is 10.0 Å². The van der Waals surface area contributed by atoms with Gasteiger partial charge >= 0.3 is 0 Å². The fourth-order valence-electron chi connectivity index (χ4n) is 2.56. The van der Waals surface area contributed by atoms with Crippen molar-refractivity contribution < 1.29 is 13.2 Å². The molecule has 128 valence electrons. The van der Waals surface area contributed by atoms with Gasteiger partial charge in [0, 0.05) is 23.8 Å². The van der Waals surface area contributed by atoms with Crippen LogP contribution in [-0.2, 0) is 16.4 Å². The molecule has 0 saturated carbocycles. The van der Waals surface area contributed by atoms with Gasteiger partial charge in [0.1, 0.15) is 4.88 Å². The van der Waals surface area contributed by atoms with Crippen molar-refractivity contribution in [1.82, 2.24) is 4.98 Å². The van der Waals surface area contributed by atoms with Gasteiger partial charge < -0.3 is 4.90 Å². The topological polar surface area (TPSA) is 70.6 Å². The summed E-state index contributed by atoms with van der Waals surface area (Å²) in [5, 5.41) is 0.300. The Hall–Kier alpha value is -1.45. The Bertz CT molecular complexity index is 924. The molecule has 0 N–H and O–H groups in total. The SMILES string of the molecule is Cc1nc(N(C)S(C)(=O)=O)sc1C(=O)N1CCc2cc(Br)ccc21. The summed E-state index contributed by atoms with van der Waals surface area (Å²) in [6.07, 6.45) is 1.91. The molecule has 0 radical (unpaired) electrons. The van der Waals surface area contributed by atoms with Gasteiger partial charge in [0.25, 0.3) is 5.91 Å². The zero-order valence-electron chi connectivity index (χ0n) is 13.4. The number of carbonyl (C=O) groups is 1. The van der Waals surface area contributed by atoms with Crippen molar-refractivity contribution in [3.8, 4) is 0 Å². The van der Waals surface area contributed by atoms with Gasteiger partial charge in [-0.1, -0.05) is 27.3 Å². The molecular formula is C15H16BrN3O3S2. The minimum atomic E-state index is -3.41. The van der Waals surface area contributed by atoms with Crippen LogP contribution >= 0.6 is 27.3 Å². The van der Waals surface area contributed by atoms with E-state index in [4.69, 9.17) is 0 Å². The molecular weight excluding hydrogens is 414 g/mol. The Morgan fingerprint density at radius 1 is 1.42 bits per heavy atom. The number of halogens is 1. The molecule has 1 aromatic heterocycles. The van der Waals surface area contributed by atoms with Gasteiger partial charge in [0.2, 0.25) is 10.0 Å². The molecule has 0 bridgehead atoms. The molecule has 0 aliphatic carbocycles. The summed E-state index contributed by atoms with van der Waals surface area (Å²) in [5.41, 5.74) is 2.56. The molecule has 3 rings (SSSR count). The van der Waals surface area contributed by atoms with Crippen LogP contribution in [0.5, 0.6) is 0 Å². The second-order valence-electron chi connectivity index (χ2n) is 5.62. The van der Waals surface area contributed by atoms with Gasteiger partial charge in [0.15, 0.2) is 5.13 Å². The maximum atomic E-state index is 12.9. The fraction of sp³-hybridized carbons (Fsp3) is 0.333. The summed E-state index contributed by atoms with van der Waals surface area (Å²) in [6, 6.07) is 5.85. The van der Waals surface area contributed by atoms with Crippen molar-refractivity contribution in [2.45, 2.75) is 13.3 Å². The fourth-order valence-corrected chi connectivity index (χ4v) is 4.70. The number of amides is 1. The summed E-state index contributed by atoms with van der Waals surface area (Å²) in [5.74, 6) is -0.140. The number of aromatic nitrogens is 1. The van der Waals surface area contributed by atoms with E-state index in [1.54, 1.807) is 11.8 Å². The Balaban J connectivity index is 1.94. The van der Waals surface area contributed by atoms with Gasteiger partial charge in [-0.05, 0) is 37.1 Å². The third-order valence-corrected chi connectivity index (χ3v) is 6.93. The van der Waals surface area contributed by atoms with Gasteiger partial charge in [-0.3, -0.25) is 4.79 Å². The molecule has 6 nitrogen and oxygen atoms in total. The molecule has 2 heterocycles. The molecule has 0 saturated heterocycles. The van der Waals surface area contributed by atoms with Crippen molar-refractivity contribution in [3.05, 3.63) is 38.8 Å². The average Bonchev–Trinajstić information content (AvgIpc) is 3.08. The summed E-state index contributed by atoms with van der Waals surface area (Å²) < 4.78 is 25.4. The molecule has 1 aliphatic rings. The first-order chi connectivity index (χ1) is 11.2. The zero-order valence-corrected chi connectivity index (χ0v) is 16.6. The summed E-state index contributed by atoms with van der Waals surface area (Å²) in [7, 11) is -1.97. The smallest absolute Gasteiger partial charge is 0.270 e. The number of hydrogen-bond acceptors (Lipinski definition) is 5. The number of fused-ring (bicyclic) bond motifs is 1. The molecule has 0 spiro atoms. The zero-order chi connectivity index (χ0) is 17.6. The van der Waals surface area contributed by atoms with Gasteiger partial charge in [-0.25, -0.2) is 17.7 Å². The van der Waals surface area contributed by atoms with E-state index in [0.29, 0.717) is 22.2 Å². The highest BCUT2D eigenvalue weighted by atomic mass is 79.9. The number of thiazole rings is 1. The predicted octanol–water partition coefficient (Wildman–Crippen LogP) is 2.81. The highest BCUT2D eigenvalue weighted by molar-refractivity contribution is 9.10. The number of sulfonamides is 1. The predicted molar refractivity (Wildman–Crippen MR) is 99.6 cm³/mol. The number of carbonyl (C=O) groups excluding carboxylic acids is 1. The Morgan fingerprint density at radius 3 is 2.79 bits per heavy atom. The Morgan fingerprint density at radius 2 is 2.12 bits per heavy atom. The molecule has 0 unspecified atom stereocenters. The van der Waals surface area contributed by atoms with Crippen molar-refractivity contribution >= 4 is 54.0 Å². The second kappa shape index (κ2) is 6.12. The van der Waals surface area contributed by atoms with Crippen molar-refractivity contribution in [3.63, 3.8) is 0 Å². The second-order valence-corrected chi connectivity index (χ2v) is 9.53. The number of hydrogen-bond donors (Lipinski definition) is 0. The van der Waals surface area contributed by atoms with Crippen LogP contribution in [0.3, 0.4) is 0 Å². The molecule has 24 heavy (non-hydrogen) atoms. The van der Waals surface area contributed by atoms with Crippen LogP contribution in [0, 0.1) is 6.92 Å². The lowest BCUT2D eigenvalue weighted by Crippen LogP contribution is -2.28. The number of aryl methyl sites for hydroxylation is 1. The minimum absolute atomic E-state index is 0.140. The lowest BCUT2D eigenvalue weighted by atomic mass is 10.2. The van der Waals surface area contributed by atoms with Crippen molar-refractivity contribution in [2.24, 2.45) is 0 Å². The molecule has 1 amide bonds. The first-order valence-corrected chi connectivity index (χ1v) is 10.7. The lowest BCUT2D eigenvalue weighted by molar-refractivity contribution is 0.0992. The maximum Gasteiger partial charge on any atom is 0.270 e. The number of rotatable bonds is 3. The van der Waals surface area contributed by atoms with Crippen LogP contribution in [0.4, 0.5) is 10.8 Å². The van der Waals surface area contributed by atoms with Crippen molar-refractivity contribution in [1.29, 1.82) is 0 Å². The Labute approximate surface area is 153 Å². The first-order valence-electron chi connectivity index (χ1n) is 7.20. The van der Waals surface area contributed by atoms with E-state index in [-0.39, 0.29) is 5.91 Å². The lowest BCUT2D eigenvalue weighted by Gasteiger charge is -2.16. The van der Waals surface area contributed by atoms with E-state index in [0.717, 1.165) is 44.0 Å². The largest absolute Gasteiger partial charge is 0.307 e. The van der Waals surface area contributed by atoms with Crippen LogP contribution in [0.1, 0.15) is 20.9 Å². The maximum absolute atomic E-state index is 12.9. The average molecular weight is 430 g/mol. The minimum Gasteiger partial charge on any atom is -0.307 e. The third-order valence-electron chi connectivity index (χ3n) is 3.93. The van der Waals surface area contributed by atoms with Gasteiger partial charge in [-0.2, -0.15) is 0 Å². The highest BCUT2D eigenvalue weighted by Crippen LogP contribution is 2.34. The normalized spacial score (nSPS) is 13.9.